The molecule has 2 aromatic carbocycles. The van der Waals surface area contributed by atoms with Crippen molar-refractivity contribution >= 4 is 17.0 Å². The smallest absolute Gasteiger partial charge is 0.333 e. The molecule has 0 spiro atoms. The lowest BCUT2D eigenvalue weighted by Crippen LogP contribution is -2.12. The van der Waals surface area contributed by atoms with Crippen LogP contribution < -0.4 is 0 Å². The molecule has 1 aromatic heterocycles. The summed E-state index contributed by atoms with van der Waals surface area (Å²) in [5.74, 6) is -0.312. The summed E-state index contributed by atoms with van der Waals surface area (Å²) in [6, 6.07) is 12.8. The number of aromatic hydroxyl groups is 1. The second-order valence-corrected chi connectivity index (χ2v) is 6.08. The number of carbonyl (C=O) groups excluding carboxylic acids is 1. The average Bonchev–Trinajstić information content (AvgIpc) is 3.09. The summed E-state index contributed by atoms with van der Waals surface area (Å²) in [5, 5.41) is 19.0. The van der Waals surface area contributed by atoms with Crippen molar-refractivity contribution in [2.75, 3.05) is 19.8 Å². The Kier molecular flexibility index (Phi) is 5.83. The van der Waals surface area contributed by atoms with Crippen molar-refractivity contribution in [1.82, 2.24) is 15.0 Å². The molecule has 0 aliphatic carbocycles. The van der Waals surface area contributed by atoms with Crippen molar-refractivity contribution in [3.63, 3.8) is 0 Å². The van der Waals surface area contributed by atoms with Crippen molar-refractivity contribution < 1.29 is 19.4 Å². The topological polar surface area (TPSA) is 86.5 Å². The van der Waals surface area contributed by atoms with Crippen LogP contribution in [0.3, 0.4) is 0 Å². The van der Waals surface area contributed by atoms with Gasteiger partial charge in [0.15, 0.2) is 0 Å². The number of carbonyl (C=O) groups is 1. The van der Waals surface area contributed by atoms with Crippen molar-refractivity contribution in [1.29, 1.82) is 0 Å². The lowest BCUT2D eigenvalue weighted by Gasteiger charge is -2.08. The van der Waals surface area contributed by atoms with Gasteiger partial charge < -0.3 is 14.6 Å². The number of phenolic OH excluding ortho intramolecular Hbond substituents is 1. The molecule has 7 heteroatoms. The summed E-state index contributed by atoms with van der Waals surface area (Å²) in [7, 11) is 0. The summed E-state index contributed by atoms with van der Waals surface area (Å²) in [6.45, 7) is 6.08. The van der Waals surface area contributed by atoms with Crippen LogP contribution >= 0.6 is 0 Å². The Balaban J connectivity index is 1.57. The predicted octanol–water partition coefficient (Wildman–Crippen LogP) is 2.80. The molecule has 140 valence electrons. The first-order chi connectivity index (χ1) is 13.0. The second-order valence-electron chi connectivity index (χ2n) is 6.08. The number of phenols is 1. The van der Waals surface area contributed by atoms with E-state index in [2.05, 4.69) is 16.8 Å². The fraction of sp³-hybridized carbons (Fsp3) is 0.250. The summed E-state index contributed by atoms with van der Waals surface area (Å²) < 4.78 is 10.4. The Hall–Kier alpha value is -3.19. The Morgan fingerprint density at radius 1 is 1.11 bits per heavy atom. The van der Waals surface area contributed by atoms with E-state index >= 15 is 0 Å². The Morgan fingerprint density at radius 3 is 2.48 bits per heavy atom. The highest BCUT2D eigenvalue weighted by atomic mass is 16.6. The highest BCUT2D eigenvalue weighted by molar-refractivity contribution is 5.86. The maximum Gasteiger partial charge on any atom is 0.333 e. The van der Waals surface area contributed by atoms with Gasteiger partial charge in [-0.25, -0.2) is 4.79 Å². The van der Waals surface area contributed by atoms with Gasteiger partial charge in [-0.2, -0.15) is 0 Å². The molecule has 0 bridgehead atoms. The number of benzene rings is 2. The molecule has 7 nitrogen and oxygen atoms in total. The molecule has 27 heavy (non-hydrogen) atoms. The van der Waals surface area contributed by atoms with E-state index < -0.39 is 5.97 Å². The van der Waals surface area contributed by atoms with E-state index in [1.807, 2.05) is 36.4 Å². The summed E-state index contributed by atoms with van der Waals surface area (Å²) in [6.07, 6.45) is 0.641. The molecule has 3 rings (SSSR count). The number of esters is 1. The van der Waals surface area contributed by atoms with Gasteiger partial charge in [-0.3, -0.25) is 0 Å². The highest BCUT2D eigenvalue weighted by Gasteiger charge is 2.10. The zero-order valence-corrected chi connectivity index (χ0v) is 15.1. The standard InChI is InChI=1S/C20H21N3O4/c1-14(2)20(25)27-12-11-26-10-9-15-7-8-19(24)18(13-15)23-21-16-5-3-4-6-17(16)22-23/h3-8,13,24H,1,9-12H2,2H3. The molecule has 0 aliphatic heterocycles. The first-order valence-electron chi connectivity index (χ1n) is 8.59. The zero-order valence-electron chi connectivity index (χ0n) is 15.1. The third kappa shape index (κ3) is 4.71. The lowest BCUT2D eigenvalue weighted by molar-refractivity contribution is -0.140. The molecule has 0 radical (unpaired) electrons. The Labute approximate surface area is 156 Å². The molecular formula is C20H21N3O4. The third-order valence-electron chi connectivity index (χ3n) is 3.89. The van der Waals surface area contributed by atoms with Crippen LogP contribution in [0.25, 0.3) is 16.7 Å². The minimum atomic E-state index is -0.416. The molecule has 0 fully saturated rings. The van der Waals surface area contributed by atoms with E-state index in [1.165, 1.54) is 4.80 Å². The molecule has 0 aliphatic rings. The van der Waals surface area contributed by atoms with Gasteiger partial charge in [0.1, 0.15) is 29.1 Å². The molecule has 0 unspecified atom stereocenters. The Bertz CT molecular complexity index is 932. The quantitative estimate of drug-likeness (QED) is 0.374. The number of ether oxygens (including phenoxy) is 2. The molecule has 1 heterocycles. The van der Waals surface area contributed by atoms with E-state index in [-0.39, 0.29) is 12.4 Å². The van der Waals surface area contributed by atoms with Crippen LogP contribution in [-0.2, 0) is 20.7 Å². The van der Waals surface area contributed by atoms with E-state index in [0.29, 0.717) is 30.9 Å². The van der Waals surface area contributed by atoms with E-state index in [4.69, 9.17) is 9.47 Å². The first kappa shape index (κ1) is 18.6. The number of rotatable bonds is 8. The summed E-state index contributed by atoms with van der Waals surface area (Å²) in [4.78, 5) is 12.7. The van der Waals surface area contributed by atoms with Crippen LogP contribution in [0.1, 0.15) is 12.5 Å². The van der Waals surface area contributed by atoms with Crippen LogP contribution in [0.15, 0.2) is 54.6 Å². The molecular weight excluding hydrogens is 346 g/mol. The molecule has 0 amide bonds. The number of aromatic nitrogens is 3. The molecule has 1 N–H and O–H groups in total. The molecule has 3 aromatic rings. The van der Waals surface area contributed by atoms with Gasteiger partial charge in [0.05, 0.1) is 13.2 Å². The normalized spacial score (nSPS) is 10.9. The summed E-state index contributed by atoms with van der Waals surface area (Å²) in [5.41, 5.74) is 3.37. The molecule has 0 atom stereocenters. The number of hydrogen-bond acceptors (Lipinski definition) is 6. The van der Waals surface area contributed by atoms with Crippen molar-refractivity contribution in [2.45, 2.75) is 13.3 Å². The zero-order chi connectivity index (χ0) is 19.2. The lowest BCUT2D eigenvalue weighted by atomic mass is 10.1. The van der Waals surface area contributed by atoms with Crippen LogP contribution in [0, 0.1) is 0 Å². The number of hydrogen-bond donors (Lipinski definition) is 1. The maximum absolute atomic E-state index is 11.3. The van der Waals surface area contributed by atoms with Crippen LogP contribution in [0.5, 0.6) is 5.75 Å². The fourth-order valence-electron chi connectivity index (χ4n) is 2.46. The Morgan fingerprint density at radius 2 is 1.81 bits per heavy atom. The molecule has 0 saturated heterocycles. The van der Waals surface area contributed by atoms with Gasteiger partial charge in [0.2, 0.25) is 0 Å². The first-order valence-corrected chi connectivity index (χ1v) is 8.59. The minimum Gasteiger partial charge on any atom is -0.506 e. The second kappa shape index (κ2) is 8.46. The van der Waals surface area contributed by atoms with Crippen LogP contribution in [0.4, 0.5) is 0 Å². The van der Waals surface area contributed by atoms with Crippen LogP contribution in [-0.4, -0.2) is 45.9 Å². The van der Waals surface area contributed by atoms with Gasteiger partial charge in [-0.1, -0.05) is 24.8 Å². The fourth-order valence-corrected chi connectivity index (χ4v) is 2.46. The largest absolute Gasteiger partial charge is 0.506 e. The highest BCUT2D eigenvalue weighted by Crippen LogP contribution is 2.23. The van der Waals surface area contributed by atoms with E-state index in [1.54, 1.807) is 13.0 Å². The van der Waals surface area contributed by atoms with Crippen LogP contribution in [0.2, 0.25) is 0 Å². The monoisotopic (exact) mass is 367 g/mol. The summed E-state index contributed by atoms with van der Waals surface area (Å²) >= 11 is 0. The number of nitrogens with zero attached hydrogens (tertiary/aromatic N) is 3. The molecule has 0 saturated carbocycles. The SMILES string of the molecule is C=C(C)C(=O)OCCOCCc1ccc(O)c(-n2nc3ccccc3n2)c1. The van der Waals surface area contributed by atoms with E-state index in [0.717, 1.165) is 16.6 Å². The van der Waals surface area contributed by atoms with Gasteiger partial charge in [-0.05, 0) is 43.2 Å². The third-order valence-corrected chi connectivity index (χ3v) is 3.89. The minimum absolute atomic E-state index is 0.103. The van der Waals surface area contributed by atoms with Crippen molar-refractivity contribution in [3.8, 4) is 11.4 Å². The predicted molar refractivity (Wildman–Crippen MR) is 101 cm³/mol. The van der Waals surface area contributed by atoms with Crippen molar-refractivity contribution in [3.05, 3.63) is 60.2 Å². The maximum atomic E-state index is 11.3. The number of fused-ring (bicyclic) bond motifs is 1. The van der Waals surface area contributed by atoms with E-state index in [9.17, 15) is 9.90 Å². The van der Waals surface area contributed by atoms with Gasteiger partial charge in [0, 0.05) is 5.57 Å². The van der Waals surface area contributed by atoms with Gasteiger partial charge in [-0.15, -0.1) is 15.0 Å². The average molecular weight is 367 g/mol. The van der Waals surface area contributed by atoms with Gasteiger partial charge >= 0.3 is 5.97 Å². The van der Waals surface area contributed by atoms with Gasteiger partial charge in [0.25, 0.3) is 0 Å². The van der Waals surface area contributed by atoms with Crippen molar-refractivity contribution in [2.24, 2.45) is 0 Å².